The summed E-state index contributed by atoms with van der Waals surface area (Å²) in [7, 11) is 0. The molecule has 12 heavy (non-hydrogen) atoms. The zero-order valence-electron chi connectivity index (χ0n) is 8.77. The third-order valence-electron chi connectivity index (χ3n) is 2.88. The summed E-state index contributed by atoms with van der Waals surface area (Å²) in [6, 6.07) is 0.760. The van der Waals surface area contributed by atoms with Crippen molar-refractivity contribution in [1.29, 1.82) is 0 Å². The zero-order chi connectivity index (χ0) is 8.97. The van der Waals surface area contributed by atoms with E-state index in [1.54, 1.807) is 0 Å². The molecule has 1 N–H and O–H groups in total. The number of hydrogen-bond donors (Lipinski definition) is 1. The smallest absolute Gasteiger partial charge is 0.00413 e. The Labute approximate surface area is 76.9 Å². The van der Waals surface area contributed by atoms with E-state index >= 15 is 0 Å². The summed E-state index contributed by atoms with van der Waals surface area (Å²) in [5.74, 6) is 1.89. The minimum Gasteiger partial charge on any atom is -0.314 e. The summed E-state index contributed by atoms with van der Waals surface area (Å²) in [4.78, 5) is 0. The van der Waals surface area contributed by atoms with Gasteiger partial charge >= 0.3 is 0 Å². The standard InChI is InChI=1S/C11H23N/c1-9(2)4-5-11-6-7-12-10(3)8-11/h9-12H,4-8H2,1-3H3. The summed E-state index contributed by atoms with van der Waals surface area (Å²) in [5.41, 5.74) is 0. The topological polar surface area (TPSA) is 12.0 Å². The van der Waals surface area contributed by atoms with Crippen LogP contribution in [0.3, 0.4) is 0 Å². The van der Waals surface area contributed by atoms with Crippen molar-refractivity contribution in [2.24, 2.45) is 11.8 Å². The molecule has 1 rings (SSSR count). The van der Waals surface area contributed by atoms with Crippen LogP contribution in [0.2, 0.25) is 0 Å². The van der Waals surface area contributed by atoms with E-state index in [1.807, 2.05) is 0 Å². The second-order valence-electron chi connectivity index (χ2n) is 4.72. The van der Waals surface area contributed by atoms with E-state index in [2.05, 4.69) is 26.1 Å². The fraction of sp³-hybridized carbons (Fsp3) is 1.00. The third kappa shape index (κ3) is 3.57. The maximum Gasteiger partial charge on any atom is 0.00413 e. The van der Waals surface area contributed by atoms with E-state index in [4.69, 9.17) is 0 Å². The van der Waals surface area contributed by atoms with Gasteiger partial charge in [-0.25, -0.2) is 0 Å². The van der Waals surface area contributed by atoms with Crippen molar-refractivity contribution in [3.05, 3.63) is 0 Å². The highest BCUT2D eigenvalue weighted by Gasteiger charge is 2.17. The van der Waals surface area contributed by atoms with Crippen molar-refractivity contribution in [1.82, 2.24) is 5.32 Å². The largest absolute Gasteiger partial charge is 0.314 e. The van der Waals surface area contributed by atoms with Gasteiger partial charge < -0.3 is 5.32 Å². The van der Waals surface area contributed by atoms with E-state index in [0.717, 1.165) is 17.9 Å². The van der Waals surface area contributed by atoms with Crippen molar-refractivity contribution < 1.29 is 0 Å². The number of nitrogens with one attached hydrogen (secondary N) is 1. The summed E-state index contributed by atoms with van der Waals surface area (Å²) in [6.07, 6.45) is 5.66. The molecular formula is C11H23N. The van der Waals surface area contributed by atoms with Crippen LogP contribution in [0.5, 0.6) is 0 Å². The predicted molar refractivity (Wildman–Crippen MR) is 54.3 cm³/mol. The molecule has 1 fully saturated rings. The Kier molecular flexibility index (Phi) is 4.07. The van der Waals surface area contributed by atoms with Crippen molar-refractivity contribution in [2.75, 3.05) is 6.54 Å². The van der Waals surface area contributed by atoms with Crippen LogP contribution in [0.25, 0.3) is 0 Å². The van der Waals surface area contributed by atoms with Crippen molar-refractivity contribution >= 4 is 0 Å². The number of piperidine rings is 1. The molecule has 0 aromatic carbocycles. The van der Waals surface area contributed by atoms with Gasteiger partial charge in [0.2, 0.25) is 0 Å². The molecule has 1 aliphatic heterocycles. The van der Waals surface area contributed by atoms with Gasteiger partial charge in [-0.05, 0) is 38.1 Å². The van der Waals surface area contributed by atoms with Crippen LogP contribution in [-0.2, 0) is 0 Å². The lowest BCUT2D eigenvalue weighted by molar-refractivity contribution is 0.285. The SMILES string of the molecule is CC(C)CCC1CCNC(C)C1. The minimum absolute atomic E-state index is 0.760. The van der Waals surface area contributed by atoms with Crippen LogP contribution in [0.15, 0.2) is 0 Å². The van der Waals surface area contributed by atoms with Gasteiger partial charge in [0.15, 0.2) is 0 Å². The van der Waals surface area contributed by atoms with Crippen LogP contribution in [0, 0.1) is 11.8 Å². The molecule has 1 heteroatoms. The lowest BCUT2D eigenvalue weighted by Crippen LogP contribution is -2.35. The van der Waals surface area contributed by atoms with E-state index in [1.165, 1.54) is 32.2 Å². The van der Waals surface area contributed by atoms with Gasteiger partial charge in [0.1, 0.15) is 0 Å². The van der Waals surface area contributed by atoms with Crippen molar-refractivity contribution in [3.8, 4) is 0 Å². The number of rotatable bonds is 3. The minimum atomic E-state index is 0.760. The van der Waals surface area contributed by atoms with E-state index in [0.29, 0.717) is 0 Å². The average molecular weight is 169 g/mol. The molecule has 2 atom stereocenters. The lowest BCUT2D eigenvalue weighted by Gasteiger charge is -2.28. The molecule has 1 heterocycles. The first-order chi connectivity index (χ1) is 5.68. The Morgan fingerprint density at radius 1 is 1.42 bits per heavy atom. The highest BCUT2D eigenvalue weighted by Crippen LogP contribution is 2.22. The van der Waals surface area contributed by atoms with Gasteiger partial charge in [-0.2, -0.15) is 0 Å². The highest BCUT2D eigenvalue weighted by atomic mass is 14.9. The molecule has 0 spiro atoms. The molecule has 0 amide bonds. The Hall–Kier alpha value is -0.0400. The first-order valence-electron chi connectivity index (χ1n) is 5.42. The summed E-state index contributed by atoms with van der Waals surface area (Å²) < 4.78 is 0. The maximum atomic E-state index is 3.50. The normalized spacial score (nSPS) is 31.0. The number of hydrogen-bond acceptors (Lipinski definition) is 1. The summed E-state index contributed by atoms with van der Waals surface area (Å²) in [6.45, 7) is 8.19. The molecule has 1 saturated heterocycles. The zero-order valence-corrected chi connectivity index (χ0v) is 8.77. The molecule has 0 aromatic rings. The molecule has 1 nitrogen and oxygen atoms in total. The predicted octanol–water partition coefficient (Wildman–Crippen LogP) is 2.81. The Balaban J connectivity index is 2.14. The van der Waals surface area contributed by atoms with Crippen LogP contribution < -0.4 is 5.32 Å². The van der Waals surface area contributed by atoms with Crippen LogP contribution >= 0.6 is 0 Å². The van der Waals surface area contributed by atoms with Crippen LogP contribution in [0.4, 0.5) is 0 Å². The van der Waals surface area contributed by atoms with Gasteiger partial charge in [-0.3, -0.25) is 0 Å². The second kappa shape index (κ2) is 4.86. The first kappa shape index (κ1) is 10.0. The fourth-order valence-corrected chi connectivity index (χ4v) is 2.07. The van der Waals surface area contributed by atoms with Crippen molar-refractivity contribution in [2.45, 2.75) is 52.5 Å². The molecule has 0 saturated carbocycles. The average Bonchev–Trinajstić information content (AvgIpc) is 2.01. The van der Waals surface area contributed by atoms with E-state index in [-0.39, 0.29) is 0 Å². The highest BCUT2D eigenvalue weighted by molar-refractivity contribution is 4.75. The molecule has 0 radical (unpaired) electrons. The lowest BCUT2D eigenvalue weighted by atomic mass is 9.87. The Morgan fingerprint density at radius 3 is 2.75 bits per heavy atom. The van der Waals surface area contributed by atoms with Gasteiger partial charge in [0, 0.05) is 6.04 Å². The monoisotopic (exact) mass is 169 g/mol. The molecule has 0 aromatic heterocycles. The summed E-state index contributed by atoms with van der Waals surface area (Å²) in [5, 5.41) is 3.50. The molecule has 1 aliphatic rings. The maximum absolute atomic E-state index is 3.50. The summed E-state index contributed by atoms with van der Waals surface area (Å²) >= 11 is 0. The second-order valence-corrected chi connectivity index (χ2v) is 4.72. The van der Waals surface area contributed by atoms with E-state index in [9.17, 15) is 0 Å². The Bertz CT molecular complexity index is 120. The van der Waals surface area contributed by atoms with Gasteiger partial charge in [-0.15, -0.1) is 0 Å². The fourth-order valence-electron chi connectivity index (χ4n) is 2.07. The quantitative estimate of drug-likeness (QED) is 0.685. The first-order valence-corrected chi connectivity index (χ1v) is 5.42. The molecule has 0 aliphatic carbocycles. The molecule has 72 valence electrons. The Morgan fingerprint density at radius 2 is 2.17 bits per heavy atom. The molecular weight excluding hydrogens is 146 g/mol. The third-order valence-corrected chi connectivity index (χ3v) is 2.88. The van der Waals surface area contributed by atoms with Gasteiger partial charge in [-0.1, -0.05) is 26.7 Å². The van der Waals surface area contributed by atoms with E-state index < -0.39 is 0 Å². The molecule has 0 bridgehead atoms. The van der Waals surface area contributed by atoms with Gasteiger partial charge in [0.05, 0.1) is 0 Å². The van der Waals surface area contributed by atoms with Crippen LogP contribution in [0.1, 0.15) is 46.5 Å². The van der Waals surface area contributed by atoms with Crippen molar-refractivity contribution in [3.63, 3.8) is 0 Å². The molecule has 2 unspecified atom stereocenters. The van der Waals surface area contributed by atoms with Gasteiger partial charge in [0.25, 0.3) is 0 Å². The van der Waals surface area contributed by atoms with Crippen LogP contribution in [-0.4, -0.2) is 12.6 Å².